The highest BCUT2D eigenvalue weighted by Crippen LogP contribution is 2.34. The molecule has 3 aromatic carbocycles. The lowest BCUT2D eigenvalue weighted by Gasteiger charge is -2.24. The van der Waals surface area contributed by atoms with Gasteiger partial charge in [0.25, 0.3) is 5.91 Å². The first kappa shape index (κ1) is 30.6. The van der Waals surface area contributed by atoms with Gasteiger partial charge in [-0.05, 0) is 65.8 Å². The van der Waals surface area contributed by atoms with Gasteiger partial charge in [-0.3, -0.25) is 4.79 Å². The Hall–Kier alpha value is -4.38. The second kappa shape index (κ2) is 13.5. The van der Waals surface area contributed by atoms with Crippen LogP contribution in [0.4, 0.5) is 23.7 Å². The zero-order chi connectivity index (χ0) is 30.3. The Balaban J connectivity index is 1.55. The lowest BCUT2D eigenvalue weighted by Crippen LogP contribution is -2.36. The Morgan fingerprint density at radius 1 is 0.881 bits per heavy atom. The SMILES string of the molecule is O=C(Nc1cccc(C(F)(F)F)c1)NC(c1ccc(C(=O)NC[C@@H](O)C(=O)O)cc1)c1ccc(C2CCCCC2)cc1. The normalized spacial score (nSPS) is 15.3. The molecule has 0 radical (unpaired) electrons. The third kappa shape index (κ3) is 8.10. The molecule has 0 aromatic heterocycles. The minimum atomic E-state index is -4.56. The van der Waals surface area contributed by atoms with Crippen molar-refractivity contribution in [3.05, 3.63) is 101 Å². The largest absolute Gasteiger partial charge is 0.479 e. The molecule has 1 saturated carbocycles. The van der Waals surface area contributed by atoms with Gasteiger partial charge in [-0.2, -0.15) is 13.2 Å². The van der Waals surface area contributed by atoms with Gasteiger partial charge >= 0.3 is 18.2 Å². The summed E-state index contributed by atoms with van der Waals surface area (Å²) in [6, 6.07) is 17.0. The highest BCUT2D eigenvalue weighted by Gasteiger charge is 2.30. The second-order valence-corrected chi connectivity index (χ2v) is 10.3. The van der Waals surface area contributed by atoms with E-state index >= 15 is 0 Å². The summed E-state index contributed by atoms with van der Waals surface area (Å²) in [5, 5.41) is 25.8. The van der Waals surface area contributed by atoms with Crippen LogP contribution >= 0.6 is 0 Å². The van der Waals surface area contributed by atoms with Gasteiger partial charge in [-0.15, -0.1) is 0 Å². The van der Waals surface area contributed by atoms with Crippen molar-refractivity contribution in [2.75, 3.05) is 11.9 Å². The van der Waals surface area contributed by atoms with Crippen molar-refractivity contribution in [2.24, 2.45) is 0 Å². The van der Waals surface area contributed by atoms with Gasteiger partial charge in [-0.25, -0.2) is 9.59 Å². The smallest absolute Gasteiger partial charge is 0.416 e. The Morgan fingerprint density at radius 2 is 1.50 bits per heavy atom. The van der Waals surface area contributed by atoms with E-state index in [4.69, 9.17) is 5.11 Å². The third-order valence-corrected chi connectivity index (χ3v) is 7.32. The van der Waals surface area contributed by atoms with E-state index in [1.807, 2.05) is 24.3 Å². The average molecular weight is 584 g/mol. The van der Waals surface area contributed by atoms with Crippen molar-refractivity contribution in [3.8, 4) is 0 Å². The molecule has 0 heterocycles. The molecule has 0 saturated heterocycles. The maximum atomic E-state index is 13.1. The van der Waals surface area contributed by atoms with Crippen LogP contribution in [0.3, 0.4) is 0 Å². The third-order valence-electron chi connectivity index (χ3n) is 7.32. The molecule has 11 heteroatoms. The molecular weight excluding hydrogens is 551 g/mol. The number of carbonyl (C=O) groups is 3. The number of hydrogen-bond acceptors (Lipinski definition) is 4. The molecule has 1 unspecified atom stereocenters. The van der Waals surface area contributed by atoms with Crippen LogP contribution in [0.25, 0.3) is 0 Å². The maximum Gasteiger partial charge on any atom is 0.416 e. The predicted octanol–water partition coefficient (Wildman–Crippen LogP) is 5.84. The van der Waals surface area contributed by atoms with E-state index in [1.54, 1.807) is 12.1 Å². The number of hydrogen-bond donors (Lipinski definition) is 5. The van der Waals surface area contributed by atoms with E-state index in [1.165, 1.54) is 49.1 Å². The van der Waals surface area contributed by atoms with Gasteiger partial charge < -0.3 is 26.2 Å². The van der Waals surface area contributed by atoms with Gasteiger partial charge in [0.2, 0.25) is 0 Å². The van der Waals surface area contributed by atoms with Crippen LogP contribution in [0, 0.1) is 0 Å². The van der Waals surface area contributed by atoms with Crippen LogP contribution in [0.5, 0.6) is 0 Å². The Bertz CT molecular complexity index is 1390. The summed E-state index contributed by atoms with van der Waals surface area (Å²) >= 11 is 0. The number of rotatable bonds is 9. The van der Waals surface area contributed by atoms with Crippen LogP contribution in [-0.2, 0) is 11.0 Å². The zero-order valence-corrected chi connectivity index (χ0v) is 22.7. The summed E-state index contributed by atoms with van der Waals surface area (Å²) in [4.78, 5) is 36.2. The van der Waals surface area contributed by atoms with Crippen molar-refractivity contribution in [2.45, 2.75) is 56.3 Å². The van der Waals surface area contributed by atoms with Gasteiger partial charge in [0.05, 0.1) is 18.2 Å². The number of aliphatic hydroxyl groups excluding tert-OH is 1. The molecule has 0 aliphatic heterocycles. The number of anilines is 1. The quantitative estimate of drug-likeness (QED) is 0.216. The Morgan fingerprint density at radius 3 is 2.10 bits per heavy atom. The van der Waals surface area contributed by atoms with E-state index in [9.17, 15) is 32.7 Å². The number of halogens is 3. The zero-order valence-electron chi connectivity index (χ0n) is 22.7. The van der Waals surface area contributed by atoms with E-state index in [0.717, 1.165) is 30.5 Å². The summed E-state index contributed by atoms with van der Waals surface area (Å²) < 4.78 is 39.4. The fourth-order valence-electron chi connectivity index (χ4n) is 5.03. The number of aliphatic hydroxyl groups is 1. The number of urea groups is 1. The maximum absolute atomic E-state index is 13.1. The highest BCUT2D eigenvalue weighted by atomic mass is 19.4. The number of carboxylic acids is 1. The number of carboxylic acid groups (broad SMARTS) is 1. The van der Waals surface area contributed by atoms with Gasteiger partial charge in [0.15, 0.2) is 6.10 Å². The molecule has 42 heavy (non-hydrogen) atoms. The first-order valence-electron chi connectivity index (χ1n) is 13.6. The minimum absolute atomic E-state index is 0.0238. The molecule has 2 atom stereocenters. The van der Waals surface area contributed by atoms with E-state index in [2.05, 4.69) is 16.0 Å². The minimum Gasteiger partial charge on any atom is -0.479 e. The molecule has 3 aromatic rings. The van der Waals surface area contributed by atoms with Crippen LogP contribution in [0.1, 0.15) is 76.7 Å². The predicted molar refractivity (Wildman–Crippen MR) is 150 cm³/mol. The summed E-state index contributed by atoms with van der Waals surface area (Å²) in [7, 11) is 0. The van der Waals surface area contributed by atoms with Gasteiger partial charge in [-0.1, -0.05) is 61.7 Å². The summed E-state index contributed by atoms with van der Waals surface area (Å²) in [6.07, 6.45) is -0.468. The highest BCUT2D eigenvalue weighted by molar-refractivity contribution is 5.94. The van der Waals surface area contributed by atoms with Crippen LogP contribution in [0.15, 0.2) is 72.8 Å². The average Bonchev–Trinajstić information content (AvgIpc) is 2.99. The lowest BCUT2D eigenvalue weighted by molar-refractivity contribution is -0.146. The molecule has 3 amide bonds. The number of carbonyl (C=O) groups excluding carboxylic acids is 2. The first-order valence-corrected chi connectivity index (χ1v) is 13.6. The standard InChI is InChI=1S/C31H32F3N3O5/c32-31(33,34)24-7-4-8-25(17-24)36-30(42)37-27(21-11-9-20(10-12-21)19-5-2-1-3-6-19)22-13-15-23(16-14-22)28(39)35-18-26(38)29(40)41/h4,7-17,19,26-27,38H,1-3,5-6,18H2,(H,35,39)(H,40,41)(H2,36,37,42)/t26-,27?/m1/s1. The summed E-state index contributed by atoms with van der Waals surface area (Å²) in [5.74, 6) is -1.58. The van der Waals surface area contributed by atoms with Crippen LogP contribution in [-0.4, -0.2) is 40.8 Å². The van der Waals surface area contributed by atoms with Crippen molar-refractivity contribution in [1.82, 2.24) is 10.6 Å². The van der Waals surface area contributed by atoms with E-state index < -0.39 is 48.3 Å². The monoisotopic (exact) mass is 583 g/mol. The number of benzene rings is 3. The van der Waals surface area contributed by atoms with Crippen LogP contribution < -0.4 is 16.0 Å². The molecular formula is C31H32F3N3O5. The lowest BCUT2D eigenvalue weighted by atomic mass is 9.83. The number of aliphatic carboxylic acids is 1. The second-order valence-electron chi connectivity index (χ2n) is 10.3. The molecule has 5 N–H and O–H groups in total. The van der Waals surface area contributed by atoms with Gasteiger partial charge in [0, 0.05) is 11.3 Å². The van der Waals surface area contributed by atoms with E-state index in [0.29, 0.717) is 11.5 Å². The van der Waals surface area contributed by atoms with Crippen molar-refractivity contribution in [1.29, 1.82) is 0 Å². The number of amides is 3. The number of nitrogens with one attached hydrogen (secondary N) is 3. The topological polar surface area (TPSA) is 128 Å². The summed E-state index contributed by atoms with van der Waals surface area (Å²) in [5.41, 5.74) is 1.83. The fourth-order valence-corrected chi connectivity index (χ4v) is 5.03. The molecule has 222 valence electrons. The fraction of sp³-hybridized carbons (Fsp3) is 0.323. The number of alkyl halides is 3. The van der Waals surface area contributed by atoms with Crippen molar-refractivity contribution >= 4 is 23.6 Å². The van der Waals surface area contributed by atoms with Crippen LogP contribution in [0.2, 0.25) is 0 Å². The summed E-state index contributed by atoms with van der Waals surface area (Å²) in [6.45, 7) is -0.469. The van der Waals surface area contributed by atoms with Crippen molar-refractivity contribution < 1.29 is 37.8 Å². The molecule has 1 aliphatic carbocycles. The molecule has 8 nitrogen and oxygen atoms in total. The first-order chi connectivity index (χ1) is 20.0. The van der Waals surface area contributed by atoms with Gasteiger partial charge in [0.1, 0.15) is 0 Å². The molecule has 1 aliphatic rings. The van der Waals surface area contributed by atoms with Crippen molar-refractivity contribution in [3.63, 3.8) is 0 Å². The molecule has 0 spiro atoms. The Labute approximate surface area is 241 Å². The molecule has 1 fully saturated rings. The molecule has 4 rings (SSSR count). The molecule has 0 bridgehead atoms. The van der Waals surface area contributed by atoms with E-state index in [-0.39, 0.29) is 11.3 Å². The Kier molecular flexibility index (Phi) is 9.84.